The van der Waals surface area contributed by atoms with Crippen LogP contribution < -0.4 is 30.3 Å². The molecule has 0 spiro atoms. The van der Waals surface area contributed by atoms with Crippen LogP contribution in [-0.2, 0) is 0 Å². The standard InChI is InChI=1S/C22H31ClN6O3/c1-13-25-20(12-21(26-13)28(2)3)27-15-8-6-7-9-16(15)29(22(24)30)17-10-14(23)18(31-4)11-19(17)32-5/h10-12,15-16H,6-9H2,1-5H3,(H2,24,30)(H,25,26,27). The Kier molecular flexibility index (Phi) is 7.50. The average Bonchev–Trinajstić information content (AvgIpc) is 2.74. The SMILES string of the molecule is COc1cc(OC)c(N(C(N)=O)C2CCCCC2Nc2cc(N(C)C)nc(C)n2)cc1Cl. The van der Waals surface area contributed by atoms with Crippen molar-refractivity contribution in [2.24, 2.45) is 5.73 Å². The van der Waals surface area contributed by atoms with Gasteiger partial charge < -0.3 is 25.4 Å². The molecule has 1 aromatic carbocycles. The van der Waals surface area contributed by atoms with E-state index in [0.717, 1.165) is 31.5 Å². The Balaban J connectivity index is 1.99. The number of nitrogens with zero attached hydrogens (tertiary/aromatic N) is 4. The summed E-state index contributed by atoms with van der Waals surface area (Å²) in [6.07, 6.45) is 3.65. The predicted octanol–water partition coefficient (Wildman–Crippen LogP) is 3.83. The lowest BCUT2D eigenvalue weighted by molar-refractivity contribution is 0.247. The Hall–Kier alpha value is -2.94. The molecule has 10 heteroatoms. The Bertz CT molecular complexity index is 971. The first-order valence-electron chi connectivity index (χ1n) is 10.5. The van der Waals surface area contributed by atoms with Gasteiger partial charge in [-0.1, -0.05) is 24.4 Å². The average molecular weight is 463 g/mol. The van der Waals surface area contributed by atoms with Gasteiger partial charge in [-0.25, -0.2) is 14.8 Å². The van der Waals surface area contributed by atoms with E-state index in [4.69, 9.17) is 26.8 Å². The zero-order chi connectivity index (χ0) is 23.4. The zero-order valence-electron chi connectivity index (χ0n) is 19.2. The predicted molar refractivity (Wildman–Crippen MR) is 127 cm³/mol. The van der Waals surface area contributed by atoms with Gasteiger partial charge in [0.05, 0.1) is 31.0 Å². The van der Waals surface area contributed by atoms with Crippen molar-refractivity contribution in [1.29, 1.82) is 0 Å². The van der Waals surface area contributed by atoms with Crippen molar-refractivity contribution in [2.45, 2.75) is 44.7 Å². The van der Waals surface area contributed by atoms with Crippen molar-refractivity contribution in [3.63, 3.8) is 0 Å². The van der Waals surface area contributed by atoms with Crippen LogP contribution in [0.25, 0.3) is 0 Å². The molecule has 1 saturated carbocycles. The van der Waals surface area contributed by atoms with Crippen molar-refractivity contribution < 1.29 is 14.3 Å². The lowest BCUT2D eigenvalue weighted by Crippen LogP contribution is -2.53. The lowest BCUT2D eigenvalue weighted by atomic mass is 9.88. The second kappa shape index (κ2) is 10.1. The van der Waals surface area contributed by atoms with Gasteiger partial charge in [-0.05, 0) is 25.8 Å². The minimum atomic E-state index is -0.573. The smallest absolute Gasteiger partial charge is 0.319 e. The first-order valence-corrected chi connectivity index (χ1v) is 10.9. The first kappa shape index (κ1) is 23.7. The molecule has 1 heterocycles. The molecule has 0 aliphatic heterocycles. The third-order valence-electron chi connectivity index (χ3n) is 5.63. The third kappa shape index (κ3) is 5.09. The van der Waals surface area contributed by atoms with Gasteiger partial charge in [0.2, 0.25) is 0 Å². The van der Waals surface area contributed by atoms with Gasteiger partial charge in [-0.2, -0.15) is 0 Å². The Morgan fingerprint density at radius 3 is 2.44 bits per heavy atom. The quantitative estimate of drug-likeness (QED) is 0.644. The lowest BCUT2D eigenvalue weighted by Gasteiger charge is -2.40. The van der Waals surface area contributed by atoms with Crippen LogP contribution in [0.3, 0.4) is 0 Å². The highest BCUT2D eigenvalue weighted by molar-refractivity contribution is 6.32. The second-order valence-electron chi connectivity index (χ2n) is 8.02. The molecule has 2 aromatic rings. The van der Waals surface area contributed by atoms with Gasteiger partial charge in [0.25, 0.3) is 0 Å². The molecule has 174 valence electrons. The molecular formula is C22H31ClN6O3. The number of carbonyl (C=O) groups is 1. The highest BCUT2D eigenvalue weighted by Crippen LogP contribution is 2.40. The van der Waals surface area contributed by atoms with E-state index < -0.39 is 6.03 Å². The first-order chi connectivity index (χ1) is 15.2. The maximum atomic E-state index is 12.7. The largest absolute Gasteiger partial charge is 0.495 e. The topological polar surface area (TPSA) is 106 Å². The van der Waals surface area contributed by atoms with Crippen molar-refractivity contribution in [2.75, 3.05) is 43.4 Å². The highest BCUT2D eigenvalue weighted by atomic mass is 35.5. The number of aryl methyl sites for hydroxylation is 1. The molecule has 0 saturated heterocycles. The van der Waals surface area contributed by atoms with Gasteiger partial charge in [0.1, 0.15) is 29.0 Å². The Labute approximate surface area is 193 Å². The van der Waals surface area contributed by atoms with Gasteiger partial charge in [-0.15, -0.1) is 0 Å². The maximum Gasteiger partial charge on any atom is 0.319 e. The van der Waals surface area contributed by atoms with E-state index in [1.165, 1.54) is 14.2 Å². The van der Waals surface area contributed by atoms with Crippen molar-refractivity contribution in [1.82, 2.24) is 9.97 Å². The number of amides is 2. The van der Waals surface area contributed by atoms with Crippen molar-refractivity contribution in [3.05, 3.63) is 29.0 Å². The summed E-state index contributed by atoms with van der Waals surface area (Å²) in [4.78, 5) is 25.2. The van der Waals surface area contributed by atoms with E-state index in [-0.39, 0.29) is 12.1 Å². The van der Waals surface area contributed by atoms with Gasteiger partial charge >= 0.3 is 6.03 Å². The molecule has 32 heavy (non-hydrogen) atoms. The Morgan fingerprint density at radius 1 is 1.12 bits per heavy atom. The number of urea groups is 1. The summed E-state index contributed by atoms with van der Waals surface area (Å²) in [5.74, 6) is 3.11. The fourth-order valence-corrected chi connectivity index (χ4v) is 4.36. The van der Waals surface area contributed by atoms with E-state index >= 15 is 0 Å². The number of nitrogens with two attached hydrogens (primary N) is 1. The summed E-state index contributed by atoms with van der Waals surface area (Å²) in [5.41, 5.74) is 6.40. The molecule has 1 aliphatic carbocycles. The monoisotopic (exact) mass is 462 g/mol. The van der Waals surface area contributed by atoms with Gasteiger partial charge in [0, 0.05) is 32.3 Å². The molecule has 9 nitrogen and oxygen atoms in total. The Morgan fingerprint density at radius 2 is 1.81 bits per heavy atom. The summed E-state index contributed by atoms with van der Waals surface area (Å²) in [7, 11) is 6.93. The number of hydrogen-bond acceptors (Lipinski definition) is 7. The van der Waals surface area contributed by atoms with Crippen molar-refractivity contribution >= 4 is 35.0 Å². The van der Waals surface area contributed by atoms with E-state index in [1.807, 2.05) is 32.0 Å². The number of hydrogen-bond donors (Lipinski definition) is 2. The van der Waals surface area contributed by atoms with Gasteiger partial charge in [-0.3, -0.25) is 4.90 Å². The van der Waals surface area contributed by atoms with Crippen molar-refractivity contribution in [3.8, 4) is 11.5 Å². The van der Waals surface area contributed by atoms with E-state index in [1.54, 1.807) is 17.0 Å². The molecule has 1 fully saturated rings. The number of anilines is 3. The van der Waals surface area contributed by atoms with Gasteiger partial charge in [0.15, 0.2) is 0 Å². The number of methoxy groups -OCH3 is 2. The molecule has 3 rings (SSSR count). The fraction of sp³-hybridized carbons (Fsp3) is 0.500. The number of carbonyl (C=O) groups excluding carboxylic acids is 1. The fourth-order valence-electron chi connectivity index (χ4n) is 4.13. The number of primary amides is 1. The molecule has 2 amide bonds. The van der Waals surface area contributed by atoms with Crippen LogP contribution in [0.5, 0.6) is 11.5 Å². The summed E-state index contributed by atoms with van der Waals surface area (Å²) in [6, 6.07) is 4.38. The molecule has 2 atom stereocenters. The summed E-state index contributed by atoms with van der Waals surface area (Å²) >= 11 is 6.38. The number of aromatic nitrogens is 2. The second-order valence-corrected chi connectivity index (χ2v) is 8.43. The van der Waals surface area contributed by atoms with E-state index in [9.17, 15) is 4.79 Å². The maximum absolute atomic E-state index is 12.7. The minimum Gasteiger partial charge on any atom is -0.495 e. The normalized spacial score (nSPS) is 18.1. The van der Waals surface area contributed by atoms with Crippen LogP contribution in [-0.4, -0.2) is 56.4 Å². The van der Waals surface area contributed by atoms with E-state index in [0.29, 0.717) is 33.9 Å². The molecular weight excluding hydrogens is 432 g/mol. The number of halogens is 1. The molecule has 0 bridgehead atoms. The van der Waals surface area contributed by atoms with E-state index in [2.05, 4.69) is 15.3 Å². The summed E-state index contributed by atoms with van der Waals surface area (Å²) in [5, 5.41) is 3.89. The highest BCUT2D eigenvalue weighted by Gasteiger charge is 2.35. The molecule has 1 aliphatic rings. The molecule has 3 N–H and O–H groups in total. The van der Waals surface area contributed by atoms with Crippen LogP contribution in [0.2, 0.25) is 5.02 Å². The number of nitrogens with one attached hydrogen (secondary N) is 1. The third-order valence-corrected chi connectivity index (χ3v) is 5.92. The number of rotatable bonds is 7. The molecule has 1 aromatic heterocycles. The molecule has 0 radical (unpaired) electrons. The van der Waals surface area contributed by atoms with Crippen LogP contribution >= 0.6 is 11.6 Å². The molecule has 2 unspecified atom stereocenters. The van der Waals surface area contributed by atoms with Crippen LogP contribution in [0, 0.1) is 6.92 Å². The summed E-state index contributed by atoms with van der Waals surface area (Å²) < 4.78 is 10.8. The number of benzene rings is 1. The van der Waals surface area contributed by atoms with Crippen LogP contribution in [0.4, 0.5) is 22.1 Å². The van der Waals surface area contributed by atoms with Crippen LogP contribution in [0.15, 0.2) is 18.2 Å². The zero-order valence-corrected chi connectivity index (χ0v) is 19.9. The number of ether oxygens (including phenoxy) is 2. The summed E-state index contributed by atoms with van der Waals surface area (Å²) in [6.45, 7) is 1.86. The minimum absolute atomic E-state index is 0.0638. The van der Waals surface area contributed by atoms with Crippen LogP contribution in [0.1, 0.15) is 31.5 Å².